The molecule has 5 heteroatoms. The van der Waals surface area contributed by atoms with E-state index >= 15 is 0 Å². The fourth-order valence-corrected chi connectivity index (χ4v) is 3.06. The number of hydrogen-bond acceptors (Lipinski definition) is 3. The predicted molar refractivity (Wildman–Crippen MR) is 87.0 cm³/mol. The molecule has 1 heterocycles. The number of carboxylic acid groups (broad SMARTS) is 1. The Bertz CT molecular complexity index is 545. The van der Waals surface area contributed by atoms with Gasteiger partial charge >= 0.3 is 5.97 Å². The average molecular weight is 309 g/mol. The smallest absolute Gasteiger partial charge is 0.328 e. The summed E-state index contributed by atoms with van der Waals surface area (Å²) in [5.74, 6) is -0.961. The first kappa shape index (κ1) is 15.9. The maximum atomic E-state index is 10.5. The number of likely N-dealkylation sites (N-methyl/N-ethyl adjacent to an activating group) is 2. The molecule has 1 fully saturated rings. The van der Waals surface area contributed by atoms with Crippen LogP contribution in [0.25, 0.3) is 6.08 Å². The Kier molecular flexibility index (Phi) is 5.26. The fourth-order valence-electron chi connectivity index (χ4n) is 2.73. The van der Waals surface area contributed by atoms with Gasteiger partial charge in [-0.15, -0.1) is 0 Å². The van der Waals surface area contributed by atoms with Crippen LogP contribution >= 0.6 is 11.6 Å². The lowest BCUT2D eigenvalue weighted by Gasteiger charge is -2.28. The van der Waals surface area contributed by atoms with E-state index in [1.807, 2.05) is 19.2 Å². The number of likely N-dealkylation sites (tertiary alicyclic amines) is 1. The number of halogens is 1. The van der Waals surface area contributed by atoms with Crippen molar-refractivity contribution in [3.05, 3.63) is 34.9 Å². The number of anilines is 1. The molecule has 0 amide bonds. The Morgan fingerprint density at radius 1 is 1.57 bits per heavy atom. The zero-order chi connectivity index (χ0) is 15.4. The summed E-state index contributed by atoms with van der Waals surface area (Å²) in [6.45, 7) is 2.10. The third kappa shape index (κ3) is 4.22. The molecule has 1 saturated heterocycles. The van der Waals surface area contributed by atoms with Gasteiger partial charge in [-0.3, -0.25) is 0 Å². The minimum atomic E-state index is -0.961. The van der Waals surface area contributed by atoms with Crippen LogP contribution in [0.2, 0.25) is 5.02 Å². The molecule has 1 aromatic rings. The van der Waals surface area contributed by atoms with Crippen molar-refractivity contribution >= 4 is 29.3 Å². The van der Waals surface area contributed by atoms with E-state index in [0.717, 1.165) is 30.4 Å². The van der Waals surface area contributed by atoms with Gasteiger partial charge in [-0.1, -0.05) is 17.7 Å². The lowest BCUT2D eigenvalue weighted by atomic mass is 10.1. The molecule has 0 spiro atoms. The normalized spacial score (nSPS) is 19.3. The molecule has 0 aliphatic carbocycles. The summed E-state index contributed by atoms with van der Waals surface area (Å²) in [6.07, 6.45) is 5.13. The van der Waals surface area contributed by atoms with Crippen molar-refractivity contribution in [2.75, 3.05) is 32.1 Å². The number of hydrogen-bond donors (Lipinski definition) is 1. The Hall–Kier alpha value is -1.52. The summed E-state index contributed by atoms with van der Waals surface area (Å²) < 4.78 is 0. The van der Waals surface area contributed by atoms with Crippen LogP contribution in [-0.4, -0.2) is 49.2 Å². The Labute approximate surface area is 130 Å². The molecule has 1 aliphatic rings. The van der Waals surface area contributed by atoms with Crippen LogP contribution in [0, 0.1) is 0 Å². The van der Waals surface area contributed by atoms with Gasteiger partial charge in [0.05, 0.1) is 10.7 Å². The molecule has 0 aromatic heterocycles. The molecule has 2 rings (SSSR count). The van der Waals surface area contributed by atoms with Gasteiger partial charge in [-0.05, 0) is 50.2 Å². The van der Waals surface area contributed by atoms with Gasteiger partial charge in [-0.25, -0.2) is 4.79 Å². The molecular weight excluding hydrogens is 288 g/mol. The maximum Gasteiger partial charge on any atom is 0.328 e. The molecule has 1 N–H and O–H groups in total. The van der Waals surface area contributed by atoms with Crippen LogP contribution in [-0.2, 0) is 4.79 Å². The number of carboxylic acids is 1. The molecule has 1 atom stereocenters. The average Bonchev–Trinajstić information content (AvgIpc) is 2.82. The molecule has 1 unspecified atom stereocenters. The van der Waals surface area contributed by atoms with Crippen molar-refractivity contribution in [3.63, 3.8) is 0 Å². The highest BCUT2D eigenvalue weighted by molar-refractivity contribution is 6.33. The summed E-state index contributed by atoms with van der Waals surface area (Å²) >= 11 is 6.32. The van der Waals surface area contributed by atoms with Crippen molar-refractivity contribution in [2.45, 2.75) is 18.9 Å². The third-order valence-electron chi connectivity index (χ3n) is 3.96. The summed E-state index contributed by atoms with van der Waals surface area (Å²) in [7, 11) is 4.20. The molecule has 21 heavy (non-hydrogen) atoms. The highest BCUT2D eigenvalue weighted by atomic mass is 35.5. The quantitative estimate of drug-likeness (QED) is 0.849. The molecule has 114 valence electrons. The van der Waals surface area contributed by atoms with Crippen molar-refractivity contribution in [2.24, 2.45) is 0 Å². The van der Waals surface area contributed by atoms with Crippen molar-refractivity contribution in [3.8, 4) is 0 Å². The zero-order valence-electron chi connectivity index (χ0n) is 12.4. The Morgan fingerprint density at radius 2 is 2.33 bits per heavy atom. The third-order valence-corrected chi connectivity index (χ3v) is 4.26. The zero-order valence-corrected chi connectivity index (χ0v) is 13.2. The molecule has 1 aliphatic heterocycles. The van der Waals surface area contributed by atoms with E-state index in [4.69, 9.17) is 16.7 Å². The number of rotatable bonds is 5. The lowest BCUT2D eigenvalue weighted by Crippen LogP contribution is -2.36. The highest BCUT2D eigenvalue weighted by Gasteiger charge is 2.22. The minimum absolute atomic E-state index is 0.567. The van der Waals surface area contributed by atoms with Crippen LogP contribution < -0.4 is 4.90 Å². The molecule has 4 nitrogen and oxygen atoms in total. The van der Waals surface area contributed by atoms with Crippen LogP contribution in [0.5, 0.6) is 0 Å². The van der Waals surface area contributed by atoms with Gasteiger partial charge in [0.1, 0.15) is 0 Å². The summed E-state index contributed by atoms with van der Waals surface area (Å²) in [5, 5.41) is 9.28. The van der Waals surface area contributed by atoms with Crippen LogP contribution in [0.4, 0.5) is 5.69 Å². The maximum absolute atomic E-state index is 10.5. The lowest BCUT2D eigenvalue weighted by molar-refractivity contribution is -0.131. The second-order valence-electron chi connectivity index (χ2n) is 5.54. The number of nitrogens with zero attached hydrogens (tertiary/aromatic N) is 2. The molecule has 1 aromatic carbocycles. The summed E-state index contributed by atoms with van der Waals surface area (Å²) in [5.41, 5.74) is 1.77. The van der Waals surface area contributed by atoms with E-state index in [1.54, 1.807) is 12.1 Å². The first-order valence-corrected chi connectivity index (χ1v) is 7.47. The van der Waals surface area contributed by atoms with E-state index in [-0.39, 0.29) is 0 Å². The number of aliphatic carboxylic acids is 1. The molecular formula is C16H21ClN2O2. The Morgan fingerprint density at radius 3 is 2.90 bits per heavy atom. The van der Waals surface area contributed by atoms with Gasteiger partial charge in [0, 0.05) is 25.7 Å². The largest absolute Gasteiger partial charge is 0.478 e. The van der Waals surface area contributed by atoms with Gasteiger partial charge in [-0.2, -0.15) is 0 Å². The van der Waals surface area contributed by atoms with Crippen LogP contribution in [0.15, 0.2) is 24.3 Å². The van der Waals surface area contributed by atoms with Gasteiger partial charge < -0.3 is 14.9 Å². The highest BCUT2D eigenvalue weighted by Crippen LogP contribution is 2.28. The monoisotopic (exact) mass is 308 g/mol. The summed E-state index contributed by atoms with van der Waals surface area (Å²) in [4.78, 5) is 15.1. The number of benzene rings is 1. The van der Waals surface area contributed by atoms with E-state index in [9.17, 15) is 4.79 Å². The second-order valence-corrected chi connectivity index (χ2v) is 5.95. The fraction of sp³-hybridized carbons (Fsp3) is 0.438. The van der Waals surface area contributed by atoms with Crippen LogP contribution in [0.3, 0.4) is 0 Å². The topological polar surface area (TPSA) is 43.8 Å². The molecule has 0 radical (unpaired) electrons. The van der Waals surface area contributed by atoms with Crippen molar-refractivity contribution in [1.29, 1.82) is 0 Å². The van der Waals surface area contributed by atoms with Gasteiger partial charge in [0.15, 0.2) is 0 Å². The minimum Gasteiger partial charge on any atom is -0.478 e. The molecule has 0 saturated carbocycles. The van der Waals surface area contributed by atoms with Crippen molar-refractivity contribution in [1.82, 2.24) is 4.90 Å². The van der Waals surface area contributed by atoms with E-state index in [0.29, 0.717) is 11.1 Å². The first-order valence-electron chi connectivity index (χ1n) is 7.09. The van der Waals surface area contributed by atoms with E-state index in [2.05, 4.69) is 16.8 Å². The van der Waals surface area contributed by atoms with Gasteiger partial charge in [0.25, 0.3) is 0 Å². The van der Waals surface area contributed by atoms with Crippen molar-refractivity contribution < 1.29 is 9.90 Å². The first-order chi connectivity index (χ1) is 9.97. The SMILES string of the molecule is CN(CC1CCCN1C)c1ccc(/C=C/C(=O)O)cc1Cl. The number of carbonyl (C=O) groups is 1. The van der Waals surface area contributed by atoms with Crippen LogP contribution in [0.1, 0.15) is 18.4 Å². The predicted octanol–water partition coefficient (Wildman–Crippen LogP) is 2.97. The summed E-state index contributed by atoms with van der Waals surface area (Å²) in [6, 6.07) is 6.19. The van der Waals surface area contributed by atoms with E-state index < -0.39 is 5.97 Å². The Balaban J connectivity index is 2.07. The molecule has 0 bridgehead atoms. The van der Waals surface area contributed by atoms with E-state index in [1.165, 1.54) is 12.8 Å². The van der Waals surface area contributed by atoms with Gasteiger partial charge in [0.2, 0.25) is 0 Å². The second kappa shape index (κ2) is 6.96. The standard InChI is InChI=1S/C16H21ClN2O2/c1-18-9-3-4-13(18)11-19(2)15-7-5-12(10-14(15)17)6-8-16(20)21/h5-8,10,13H,3-4,9,11H2,1-2H3,(H,20,21)/b8-6+.